The summed E-state index contributed by atoms with van der Waals surface area (Å²) >= 11 is 15.9. The van der Waals surface area contributed by atoms with Crippen molar-refractivity contribution in [1.82, 2.24) is 0 Å². The minimum absolute atomic E-state index is 0.186. The fourth-order valence-corrected chi connectivity index (χ4v) is 3.17. The molecule has 0 heterocycles. The molecule has 0 aliphatic heterocycles. The summed E-state index contributed by atoms with van der Waals surface area (Å²) in [4.78, 5) is 12.1. The highest BCUT2D eigenvalue weighted by Crippen LogP contribution is 2.27. The molecule has 0 fully saturated rings. The Hall–Kier alpha value is -0.360. The zero-order valence-corrected chi connectivity index (χ0v) is 14.9. The van der Waals surface area contributed by atoms with Gasteiger partial charge < -0.3 is 5.32 Å². The summed E-state index contributed by atoms with van der Waals surface area (Å²) in [6.07, 6.45) is 0. The van der Waals surface area contributed by atoms with E-state index in [4.69, 9.17) is 11.6 Å². The molecule has 0 atom stereocenters. The smallest absolute Gasteiger partial charge is 0.256 e. The third-order valence-corrected chi connectivity index (χ3v) is 4.72. The van der Waals surface area contributed by atoms with Gasteiger partial charge in [0.15, 0.2) is 0 Å². The second-order valence-electron chi connectivity index (χ2n) is 3.71. The Morgan fingerprint density at radius 1 is 1.00 bits per heavy atom. The number of halogens is 4. The molecule has 0 aromatic heterocycles. The van der Waals surface area contributed by atoms with E-state index in [1.807, 2.05) is 12.1 Å². The van der Waals surface area contributed by atoms with E-state index in [0.717, 1.165) is 13.4 Å². The van der Waals surface area contributed by atoms with Crippen LogP contribution in [0, 0.1) is 0 Å². The number of hydrogen-bond acceptors (Lipinski definition) is 1. The first kappa shape index (κ1) is 15.0. The highest BCUT2D eigenvalue weighted by Gasteiger charge is 2.11. The third kappa shape index (κ3) is 3.81. The summed E-state index contributed by atoms with van der Waals surface area (Å²) in [7, 11) is 0. The summed E-state index contributed by atoms with van der Waals surface area (Å²) in [5, 5.41) is 3.41. The summed E-state index contributed by atoms with van der Waals surface area (Å²) in [6, 6.07) is 10.6. The first-order valence-electron chi connectivity index (χ1n) is 5.19. The molecule has 2 nitrogen and oxygen atoms in total. The number of anilines is 1. The minimum Gasteiger partial charge on any atom is -0.322 e. The zero-order chi connectivity index (χ0) is 14.0. The van der Waals surface area contributed by atoms with Gasteiger partial charge in [-0.25, -0.2) is 0 Å². The highest BCUT2D eigenvalue weighted by atomic mass is 79.9. The van der Waals surface area contributed by atoms with E-state index in [2.05, 4.69) is 53.1 Å². The SMILES string of the molecule is O=C(Nc1ccc(Cl)c(Br)c1)c1ccc(Br)cc1Br. The van der Waals surface area contributed by atoms with Crippen LogP contribution < -0.4 is 5.32 Å². The van der Waals surface area contributed by atoms with Gasteiger partial charge in [-0.05, 0) is 68.3 Å². The Balaban J connectivity index is 2.23. The van der Waals surface area contributed by atoms with Crippen molar-refractivity contribution in [3.8, 4) is 0 Å². The number of rotatable bonds is 2. The molecule has 6 heteroatoms. The van der Waals surface area contributed by atoms with Crippen molar-refractivity contribution in [2.75, 3.05) is 5.32 Å². The summed E-state index contributed by atoms with van der Waals surface area (Å²) in [5.41, 5.74) is 1.24. The summed E-state index contributed by atoms with van der Waals surface area (Å²) < 4.78 is 2.37. The number of amides is 1. The van der Waals surface area contributed by atoms with E-state index < -0.39 is 0 Å². The highest BCUT2D eigenvalue weighted by molar-refractivity contribution is 9.11. The standard InChI is InChI=1S/C13H7Br3ClNO/c14-7-1-3-9(10(15)5-7)13(19)18-8-2-4-12(17)11(16)6-8/h1-6H,(H,18,19). The molecule has 2 aromatic carbocycles. The van der Waals surface area contributed by atoms with E-state index in [1.165, 1.54) is 0 Å². The van der Waals surface area contributed by atoms with Crippen molar-refractivity contribution in [3.63, 3.8) is 0 Å². The lowest BCUT2D eigenvalue weighted by Crippen LogP contribution is -2.12. The molecular weight excluding hydrogens is 461 g/mol. The second-order valence-corrected chi connectivity index (χ2v) is 6.74. The molecule has 0 unspecified atom stereocenters. The van der Waals surface area contributed by atoms with Crippen molar-refractivity contribution in [3.05, 3.63) is 60.4 Å². The average Bonchev–Trinajstić information content (AvgIpc) is 2.33. The van der Waals surface area contributed by atoms with Crippen LogP contribution in [0.1, 0.15) is 10.4 Å². The Morgan fingerprint density at radius 2 is 1.74 bits per heavy atom. The number of carbonyl (C=O) groups is 1. The lowest BCUT2D eigenvalue weighted by Gasteiger charge is -2.08. The van der Waals surface area contributed by atoms with Gasteiger partial charge in [-0.15, -0.1) is 0 Å². The minimum atomic E-state index is -0.186. The predicted molar refractivity (Wildman–Crippen MR) is 88.9 cm³/mol. The van der Waals surface area contributed by atoms with Crippen LogP contribution in [0.4, 0.5) is 5.69 Å². The van der Waals surface area contributed by atoms with Crippen LogP contribution >= 0.6 is 59.4 Å². The van der Waals surface area contributed by atoms with Gasteiger partial charge in [0.2, 0.25) is 0 Å². The second kappa shape index (κ2) is 6.39. The van der Waals surface area contributed by atoms with E-state index in [9.17, 15) is 4.79 Å². The number of benzene rings is 2. The quantitative estimate of drug-likeness (QED) is 0.586. The summed E-state index contributed by atoms with van der Waals surface area (Å²) in [6.45, 7) is 0. The monoisotopic (exact) mass is 465 g/mol. The molecule has 0 saturated carbocycles. The fourth-order valence-electron chi connectivity index (χ4n) is 1.45. The van der Waals surface area contributed by atoms with Gasteiger partial charge in [0.25, 0.3) is 5.91 Å². The molecular formula is C13H7Br3ClNO. The maximum atomic E-state index is 12.1. The Morgan fingerprint density at radius 3 is 2.37 bits per heavy atom. The molecule has 0 radical (unpaired) electrons. The lowest BCUT2D eigenvalue weighted by atomic mass is 10.2. The lowest BCUT2D eigenvalue weighted by molar-refractivity contribution is 0.102. The van der Waals surface area contributed by atoms with Gasteiger partial charge >= 0.3 is 0 Å². The van der Waals surface area contributed by atoms with Crippen molar-refractivity contribution in [2.24, 2.45) is 0 Å². The van der Waals surface area contributed by atoms with Crippen LogP contribution in [0.2, 0.25) is 5.02 Å². The first-order chi connectivity index (χ1) is 8.97. The van der Waals surface area contributed by atoms with Crippen molar-refractivity contribution in [1.29, 1.82) is 0 Å². The molecule has 19 heavy (non-hydrogen) atoms. The molecule has 2 rings (SSSR count). The molecule has 0 aliphatic carbocycles. The van der Waals surface area contributed by atoms with E-state index >= 15 is 0 Å². The van der Waals surface area contributed by atoms with Gasteiger partial charge in [0.1, 0.15) is 0 Å². The van der Waals surface area contributed by atoms with Crippen molar-refractivity contribution >= 4 is 71.0 Å². The number of carbonyl (C=O) groups excluding carboxylic acids is 1. The normalized spacial score (nSPS) is 10.3. The fraction of sp³-hybridized carbons (Fsp3) is 0. The third-order valence-electron chi connectivity index (χ3n) is 2.35. The largest absolute Gasteiger partial charge is 0.322 e. The van der Waals surface area contributed by atoms with Crippen LogP contribution in [0.3, 0.4) is 0 Å². The Labute approximate surface area is 140 Å². The zero-order valence-electron chi connectivity index (χ0n) is 9.38. The van der Waals surface area contributed by atoms with Gasteiger partial charge in [-0.2, -0.15) is 0 Å². The maximum absolute atomic E-state index is 12.1. The molecule has 98 valence electrons. The van der Waals surface area contributed by atoms with Gasteiger partial charge in [-0.3, -0.25) is 4.79 Å². The molecule has 1 amide bonds. The van der Waals surface area contributed by atoms with Crippen LogP contribution in [0.15, 0.2) is 49.8 Å². The maximum Gasteiger partial charge on any atom is 0.256 e. The number of hydrogen-bond donors (Lipinski definition) is 1. The molecule has 0 bridgehead atoms. The average molecular weight is 468 g/mol. The summed E-state index contributed by atoms with van der Waals surface area (Å²) in [5.74, 6) is -0.186. The predicted octanol–water partition coefficient (Wildman–Crippen LogP) is 5.88. The Bertz CT molecular complexity index is 646. The van der Waals surface area contributed by atoms with Crippen LogP contribution in [0.5, 0.6) is 0 Å². The van der Waals surface area contributed by atoms with Crippen molar-refractivity contribution < 1.29 is 4.79 Å². The van der Waals surface area contributed by atoms with Crippen LogP contribution in [-0.4, -0.2) is 5.91 Å². The molecule has 1 N–H and O–H groups in total. The Kier molecular flexibility index (Phi) is 5.06. The number of nitrogens with one attached hydrogen (secondary N) is 1. The molecule has 0 saturated heterocycles. The van der Waals surface area contributed by atoms with Crippen LogP contribution in [0.25, 0.3) is 0 Å². The van der Waals surface area contributed by atoms with E-state index in [-0.39, 0.29) is 5.91 Å². The van der Waals surface area contributed by atoms with E-state index in [0.29, 0.717) is 16.3 Å². The van der Waals surface area contributed by atoms with Gasteiger partial charge in [0, 0.05) is 19.1 Å². The van der Waals surface area contributed by atoms with Crippen molar-refractivity contribution in [2.45, 2.75) is 0 Å². The van der Waals surface area contributed by atoms with Crippen LogP contribution in [-0.2, 0) is 0 Å². The molecule has 2 aromatic rings. The van der Waals surface area contributed by atoms with E-state index in [1.54, 1.807) is 24.3 Å². The molecule has 0 spiro atoms. The first-order valence-corrected chi connectivity index (χ1v) is 7.94. The molecule has 0 aliphatic rings. The van der Waals surface area contributed by atoms with Gasteiger partial charge in [0.05, 0.1) is 10.6 Å². The topological polar surface area (TPSA) is 29.1 Å². The van der Waals surface area contributed by atoms with Gasteiger partial charge in [-0.1, -0.05) is 27.5 Å².